The highest BCUT2D eigenvalue weighted by molar-refractivity contribution is 5.97. The Morgan fingerprint density at radius 2 is 2.16 bits per heavy atom. The molecule has 5 rings (SSSR count). The molecule has 2 aliphatic heterocycles. The van der Waals surface area contributed by atoms with E-state index in [0.717, 1.165) is 23.0 Å². The molecule has 0 radical (unpaired) electrons. The van der Waals surface area contributed by atoms with E-state index in [1.54, 1.807) is 12.4 Å². The topological polar surface area (TPSA) is 73.1 Å². The maximum atomic E-state index is 13.0. The third-order valence-electron chi connectivity index (χ3n) is 5.05. The Kier molecular flexibility index (Phi) is 3.27. The molecule has 3 aromatic rings. The van der Waals surface area contributed by atoms with Gasteiger partial charge in [0.1, 0.15) is 0 Å². The minimum Gasteiger partial charge on any atom is -0.370 e. The van der Waals surface area contributed by atoms with Crippen molar-refractivity contribution in [2.45, 2.75) is 25.2 Å². The summed E-state index contributed by atoms with van der Waals surface area (Å²) in [4.78, 5) is 19.2. The highest BCUT2D eigenvalue weighted by Crippen LogP contribution is 2.30. The molecule has 1 saturated heterocycles. The van der Waals surface area contributed by atoms with Gasteiger partial charge in [-0.2, -0.15) is 0 Å². The van der Waals surface area contributed by atoms with Crippen molar-refractivity contribution in [1.82, 2.24) is 24.9 Å². The van der Waals surface area contributed by atoms with E-state index >= 15 is 0 Å². The Morgan fingerprint density at radius 1 is 1.24 bits per heavy atom. The quantitative estimate of drug-likeness (QED) is 0.678. The van der Waals surface area contributed by atoms with E-state index in [4.69, 9.17) is 4.74 Å². The van der Waals surface area contributed by atoms with Gasteiger partial charge in [-0.05, 0) is 18.6 Å². The molecule has 2 atom stereocenters. The average molecular weight is 335 g/mol. The number of piperidine rings is 1. The van der Waals surface area contributed by atoms with E-state index in [9.17, 15) is 4.79 Å². The number of carbonyl (C=O) groups excluding carboxylic acids is 1. The summed E-state index contributed by atoms with van der Waals surface area (Å²) in [5.74, 6) is 0.00365. The highest BCUT2D eigenvalue weighted by atomic mass is 16.5. The fourth-order valence-corrected chi connectivity index (χ4v) is 3.73. The van der Waals surface area contributed by atoms with Crippen LogP contribution in [0.2, 0.25) is 0 Å². The molecule has 1 amide bonds. The van der Waals surface area contributed by atoms with E-state index in [1.807, 2.05) is 39.9 Å². The second-order valence-corrected chi connectivity index (χ2v) is 6.54. The molecule has 1 aromatic carbocycles. The summed E-state index contributed by atoms with van der Waals surface area (Å²) in [6, 6.07) is 9.75. The van der Waals surface area contributed by atoms with Gasteiger partial charge in [0, 0.05) is 24.7 Å². The molecule has 2 aromatic heterocycles. The van der Waals surface area contributed by atoms with E-state index in [0.29, 0.717) is 25.3 Å². The summed E-state index contributed by atoms with van der Waals surface area (Å²) in [6.45, 7) is 1.79. The smallest absolute Gasteiger partial charge is 0.255 e. The summed E-state index contributed by atoms with van der Waals surface area (Å²) >= 11 is 0. The largest absolute Gasteiger partial charge is 0.370 e. The maximum Gasteiger partial charge on any atom is 0.255 e. The number of hydrogen-bond donors (Lipinski definition) is 0. The molecular formula is C18H17N5O2. The Bertz CT molecular complexity index is 953. The van der Waals surface area contributed by atoms with E-state index in [-0.39, 0.29) is 18.1 Å². The molecule has 0 spiro atoms. The molecule has 126 valence electrons. The van der Waals surface area contributed by atoms with Crippen molar-refractivity contribution in [2.24, 2.45) is 0 Å². The molecule has 25 heavy (non-hydrogen) atoms. The van der Waals surface area contributed by atoms with Crippen molar-refractivity contribution in [3.8, 4) is 0 Å². The van der Waals surface area contributed by atoms with E-state index in [1.165, 1.54) is 0 Å². The summed E-state index contributed by atoms with van der Waals surface area (Å²) in [6.07, 6.45) is 4.28. The second-order valence-electron chi connectivity index (χ2n) is 6.54. The van der Waals surface area contributed by atoms with Crippen molar-refractivity contribution in [3.05, 3.63) is 54.0 Å². The Morgan fingerprint density at radius 3 is 3.12 bits per heavy atom. The molecule has 0 unspecified atom stereocenters. The lowest BCUT2D eigenvalue weighted by molar-refractivity contribution is -0.0605. The number of ether oxygens (including phenoxy) is 1. The van der Waals surface area contributed by atoms with Crippen molar-refractivity contribution in [3.63, 3.8) is 0 Å². The molecule has 2 aliphatic rings. The van der Waals surface area contributed by atoms with Crippen molar-refractivity contribution >= 4 is 16.8 Å². The number of nitrogens with zero attached hydrogens (tertiary/aromatic N) is 5. The maximum absolute atomic E-state index is 13.0. The zero-order valence-corrected chi connectivity index (χ0v) is 13.6. The lowest BCUT2D eigenvalue weighted by Crippen LogP contribution is -2.49. The number of para-hydroxylation sites is 1. The van der Waals surface area contributed by atoms with Gasteiger partial charge in [-0.15, -0.1) is 5.10 Å². The van der Waals surface area contributed by atoms with Crippen LogP contribution >= 0.6 is 0 Å². The molecule has 0 bridgehead atoms. The first-order valence-corrected chi connectivity index (χ1v) is 8.44. The molecule has 7 heteroatoms. The van der Waals surface area contributed by atoms with Crippen LogP contribution in [-0.4, -0.2) is 50.0 Å². The molecule has 1 fully saturated rings. The minimum absolute atomic E-state index is 0.00365. The fraction of sp³-hybridized carbons (Fsp3) is 0.333. The number of benzene rings is 1. The predicted octanol–water partition coefficient (Wildman–Crippen LogP) is 1.81. The third kappa shape index (κ3) is 2.39. The molecular weight excluding hydrogens is 318 g/mol. The molecule has 0 N–H and O–H groups in total. The van der Waals surface area contributed by atoms with E-state index < -0.39 is 0 Å². The normalized spacial score (nSPS) is 22.5. The van der Waals surface area contributed by atoms with Crippen LogP contribution in [0.25, 0.3) is 10.9 Å². The standard InChI is InChI=1S/C18H17N5O2/c24-18(13-7-12-3-1-2-4-15(12)19-8-13)22-6-5-17-16(10-22)23-14(11-25-17)9-20-21-23/h1-4,7-9,16-17H,5-6,10-11H2/t16-,17-/m0/s1. The fourth-order valence-electron chi connectivity index (χ4n) is 3.73. The van der Waals surface area contributed by atoms with Gasteiger partial charge >= 0.3 is 0 Å². The Balaban J connectivity index is 1.42. The van der Waals surface area contributed by atoms with Gasteiger partial charge in [-0.1, -0.05) is 23.4 Å². The molecule has 4 heterocycles. The van der Waals surface area contributed by atoms with Gasteiger partial charge in [0.15, 0.2) is 0 Å². The van der Waals surface area contributed by atoms with Crippen LogP contribution < -0.4 is 0 Å². The number of amides is 1. The predicted molar refractivity (Wildman–Crippen MR) is 89.9 cm³/mol. The summed E-state index contributed by atoms with van der Waals surface area (Å²) < 4.78 is 7.82. The zero-order valence-electron chi connectivity index (χ0n) is 13.6. The molecule has 0 saturated carbocycles. The first kappa shape index (κ1) is 14.5. The van der Waals surface area contributed by atoms with Crippen LogP contribution in [0.3, 0.4) is 0 Å². The van der Waals surface area contributed by atoms with Crippen LogP contribution in [0.5, 0.6) is 0 Å². The molecule has 7 nitrogen and oxygen atoms in total. The third-order valence-corrected chi connectivity index (χ3v) is 5.05. The van der Waals surface area contributed by atoms with Crippen LogP contribution in [0.1, 0.15) is 28.5 Å². The lowest BCUT2D eigenvalue weighted by atomic mass is 9.99. The van der Waals surface area contributed by atoms with Crippen molar-refractivity contribution < 1.29 is 9.53 Å². The van der Waals surface area contributed by atoms with Gasteiger partial charge in [0.05, 0.1) is 41.7 Å². The monoisotopic (exact) mass is 335 g/mol. The molecule has 0 aliphatic carbocycles. The number of carbonyl (C=O) groups is 1. The van der Waals surface area contributed by atoms with Crippen molar-refractivity contribution in [1.29, 1.82) is 0 Å². The van der Waals surface area contributed by atoms with Crippen LogP contribution in [0.15, 0.2) is 42.7 Å². The number of fused-ring (bicyclic) bond motifs is 4. The minimum atomic E-state index is 0.00365. The number of likely N-dealkylation sites (tertiary alicyclic amines) is 1. The van der Waals surface area contributed by atoms with Crippen LogP contribution in [0.4, 0.5) is 0 Å². The van der Waals surface area contributed by atoms with Gasteiger partial charge in [-0.25, -0.2) is 4.68 Å². The summed E-state index contributed by atoms with van der Waals surface area (Å²) in [7, 11) is 0. The SMILES string of the molecule is O=C(c1cnc2ccccc2c1)N1CC[C@@H]2OCc3cnnn3[C@H]2C1. The van der Waals surface area contributed by atoms with Gasteiger partial charge in [-0.3, -0.25) is 9.78 Å². The van der Waals surface area contributed by atoms with Gasteiger partial charge in [0.2, 0.25) is 0 Å². The number of hydrogen-bond acceptors (Lipinski definition) is 5. The van der Waals surface area contributed by atoms with Gasteiger partial charge in [0.25, 0.3) is 5.91 Å². The van der Waals surface area contributed by atoms with Crippen LogP contribution in [0, 0.1) is 0 Å². The number of aromatic nitrogens is 4. The van der Waals surface area contributed by atoms with Crippen LogP contribution in [-0.2, 0) is 11.3 Å². The van der Waals surface area contributed by atoms with Gasteiger partial charge < -0.3 is 9.64 Å². The zero-order chi connectivity index (χ0) is 16.8. The Hall–Kier alpha value is -2.80. The first-order valence-electron chi connectivity index (χ1n) is 8.44. The summed E-state index contributed by atoms with van der Waals surface area (Å²) in [5.41, 5.74) is 2.47. The lowest BCUT2D eigenvalue weighted by Gasteiger charge is -2.41. The number of rotatable bonds is 1. The van der Waals surface area contributed by atoms with E-state index in [2.05, 4.69) is 15.3 Å². The van der Waals surface area contributed by atoms with Crippen molar-refractivity contribution in [2.75, 3.05) is 13.1 Å². The highest BCUT2D eigenvalue weighted by Gasteiger charge is 2.38. The summed E-state index contributed by atoms with van der Waals surface area (Å²) in [5, 5.41) is 9.14. The first-order chi connectivity index (χ1) is 12.3. The number of pyridine rings is 1. The average Bonchev–Trinajstić information content (AvgIpc) is 3.16. The second kappa shape index (κ2) is 5.63. The Labute approximate surface area is 144 Å².